The molecule has 53 heavy (non-hydrogen) atoms. The first-order chi connectivity index (χ1) is 25.7. The fraction of sp³-hybridized carbons (Fsp3) is 0.425. The zero-order chi connectivity index (χ0) is 37.3. The summed E-state index contributed by atoms with van der Waals surface area (Å²) in [6.45, 7) is 8.51. The number of anilines is 1. The fourth-order valence-corrected chi connectivity index (χ4v) is 7.40. The molecule has 0 spiro atoms. The van der Waals surface area contributed by atoms with Gasteiger partial charge in [0.2, 0.25) is 5.91 Å². The Labute approximate surface area is 315 Å². The molecule has 282 valence electrons. The van der Waals surface area contributed by atoms with Crippen LogP contribution in [0.2, 0.25) is 5.02 Å². The summed E-state index contributed by atoms with van der Waals surface area (Å²) < 4.78 is 33.7. The van der Waals surface area contributed by atoms with Gasteiger partial charge in [0.15, 0.2) is 0 Å². The topological polar surface area (TPSA) is 101 Å². The van der Waals surface area contributed by atoms with Gasteiger partial charge in [0.05, 0.1) is 23.9 Å². The molecule has 4 aromatic rings. The van der Waals surface area contributed by atoms with Crippen molar-refractivity contribution in [3.05, 3.63) is 94.9 Å². The number of aromatic nitrogens is 2. The number of nitrogens with zero attached hydrogens (tertiary/aromatic N) is 5. The molecule has 3 heterocycles. The lowest BCUT2D eigenvalue weighted by atomic mass is 9.87. The number of aryl methyl sites for hydroxylation is 1. The Bertz CT molecular complexity index is 1840. The zero-order valence-corrected chi connectivity index (χ0v) is 31.4. The van der Waals surface area contributed by atoms with Crippen molar-refractivity contribution in [1.82, 2.24) is 24.9 Å². The van der Waals surface area contributed by atoms with Crippen molar-refractivity contribution < 1.29 is 28.2 Å². The van der Waals surface area contributed by atoms with Crippen molar-refractivity contribution in [3.63, 3.8) is 0 Å². The van der Waals surface area contributed by atoms with E-state index in [2.05, 4.69) is 20.2 Å². The molecular weight excluding hydrogens is 699 g/mol. The number of nitrogens with one attached hydrogen (secondary N) is 1. The Morgan fingerprint density at radius 2 is 1.64 bits per heavy atom. The first-order valence-electron chi connectivity index (χ1n) is 18.3. The van der Waals surface area contributed by atoms with Crippen LogP contribution >= 0.6 is 11.6 Å². The smallest absolute Gasteiger partial charge is 0.408 e. The van der Waals surface area contributed by atoms with Gasteiger partial charge in [-0.2, -0.15) is 5.10 Å². The van der Waals surface area contributed by atoms with Crippen LogP contribution in [0.5, 0.6) is 11.5 Å². The van der Waals surface area contributed by atoms with Crippen molar-refractivity contribution >= 4 is 29.3 Å². The summed E-state index contributed by atoms with van der Waals surface area (Å²) in [6.07, 6.45) is 2.43. The van der Waals surface area contributed by atoms with E-state index in [0.29, 0.717) is 94.0 Å². The highest BCUT2D eigenvalue weighted by atomic mass is 35.5. The van der Waals surface area contributed by atoms with Crippen LogP contribution in [0.25, 0.3) is 11.3 Å². The lowest BCUT2D eigenvalue weighted by molar-refractivity contribution is -0.136. The highest BCUT2D eigenvalue weighted by Crippen LogP contribution is 2.40. The lowest BCUT2D eigenvalue weighted by Gasteiger charge is -2.41. The number of rotatable bonds is 13. The van der Waals surface area contributed by atoms with Crippen molar-refractivity contribution in [3.8, 4) is 22.8 Å². The third kappa shape index (κ3) is 9.23. The summed E-state index contributed by atoms with van der Waals surface area (Å²) >= 11 is 6.71. The molecule has 2 fully saturated rings. The molecule has 2 amide bonds. The van der Waals surface area contributed by atoms with Gasteiger partial charge in [-0.3, -0.25) is 14.4 Å². The minimum Gasteiger partial charge on any atom is -0.493 e. The Kier molecular flexibility index (Phi) is 12.7. The average Bonchev–Trinajstić information content (AvgIpc) is 3.61. The molecule has 2 saturated heterocycles. The van der Waals surface area contributed by atoms with Gasteiger partial charge in [0.1, 0.15) is 30.0 Å². The van der Waals surface area contributed by atoms with Gasteiger partial charge in [-0.15, -0.1) is 0 Å². The standard InChI is InChI=1S/C40H48ClFN6O5/c1-4-51-36-13-9-12-33(42)31(36)26-46-20-22-48(23-21-46)39(49)38(44-40(50)53-27-28-10-7-6-8-11-28)29-15-18-47(19-16-29)35-25-32(41)37(52-5-2)24-30(35)34-14-17-43-45(34)3/h6-14,17,24-25,29,38H,4-5,15-16,18-23,26-27H2,1-3H3,(H,44,50)/t38-/m1/s1. The van der Waals surface area contributed by atoms with Crippen LogP contribution in [-0.4, -0.2) is 90.1 Å². The van der Waals surface area contributed by atoms with Crippen molar-refractivity contribution in [1.29, 1.82) is 0 Å². The second-order valence-electron chi connectivity index (χ2n) is 13.3. The Hall–Kier alpha value is -4.81. The number of carbonyl (C=O) groups is 2. The van der Waals surface area contributed by atoms with E-state index in [9.17, 15) is 14.0 Å². The number of hydrogen-bond acceptors (Lipinski definition) is 8. The molecular formula is C40H48ClFN6O5. The van der Waals surface area contributed by atoms with Gasteiger partial charge in [-0.1, -0.05) is 48.0 Å². The molecule has 13 heteroatoms. The largest absolute Gasteiger partial charge is 0.493 e. The van der Waals surface area contributed by atoms with Crippen LogP contribution in [0.4, 0.5) is 14.9 Å². The van der Waals surface area contributed by atoms with E-state index in [1.54, 1.807) is 18.3 Å². The Morgan fingerprint density at radius 1 is 0.925 bits per heavy atom. The summed E-state index contributed by atoms with van der Waals surface area (Å²) in [5.74, 6) is 0.568. The second kappa shape index (κ2) is 17.8. The van der Waals surface area contributed by atoms with Crippen LogP contribution in [0.3, 0.4) is 0 Å². The third-order valence-corrected chi connectivity index (χ3v) is 10.3. The van der Waals surface area contributed by atoms with Crippen LogP contribution in [0, 0.1) is 11.7 Å². The van der Waals surface area contributed by atoms with E-state index in [1.165, 1.54) is 6.07 Å². The van der Waals surface area contributed by atoms with E-state index in [4.69, 9.17) is 25.8 Å². The van der Waals surface area contributed by atoms with Gasteiger partial charge < -0.3 is 29.3 Å². The molecule has 0 unspecified atom stereocenters. The number of benzene rings is 3. The number of hydrogen-bond donors (Lipinski definition) is 1. The summed E-state index contributed by atoms with van der Waals surface area (Å²) in [5.41, 5.74) is 4.21. The molecule has 2 aliphatic heterocycles. The van der Waals surface area contributed by atoms with Gasteiger partial charge >= 0.3 is 6.09 Å². The highest BCUT2D eigenvalue weighted by Gasteiger charge is 2.37. The molecule has 2 aliphatic rings. The Morgan fingerprint density at radius 3 is 2.32 bits per heavy atom. The molecule has 0 radical (unpaired) electrons. The third-order valence-electron chi connectivity index (χ3n) is 9.99. The van der Waals surface area contributed by atoms with Gasteiger partial charge in [-0.05, 0) is 68.5 Å². The zero-order valence-electron chi connectivity index (χ0n) is 30.6. The molecule has 1 N–H and O–H groups in total. The number of carbonyl (C=O) groups excluding carboxylic acids is 2. The lowest BCUT2D eigenvalue weighted by Crippen LogP contribution is -2.58. The van der Waals surface area contributed by atoms with E-state index >= 15 is 0 Å². The van der Waals surface area contributed by atoms with E-state index in [1.807, 2.05) is 79.0 Å². The molecule has 0 aliphatic carbocycles. The van der Waals surface area contributed by atoms with Crippen molar-refractivity contribution in [2.45, 2.75) is 45.9 Å². The number of ether oxygens (including phenoxy) is 3. The maximum atomic E-state index is 14.8. The molecule has 3 aromatic carbocycles. The molecule has 0 saturated carbocycles. The SMILES string of the molecule is CCOc1cc(-c2ccnn2C)c(N2CCC([C@@H](NC(=O)OCc3ccccc3)C(=O)N3CCN(Cc4c(F)cccc4OCC)CC3)CC2)cc1Cl. The normalized spacial score (nSPS) is 15.9. The predicted octanol–water partition coefficient (Wildman–Crippen LogP) is 6.53. The number of piperazine rings is 1. The fourth-order valence-electron chi connectivity index (χ4n) is 7.19. The monoisotopic (exact) mass is 746 g/mol. The number of piperidine rings is 1. The molecule has 1 aromatic heterocycles. The van der Waals surface area contributed by atoms with Crippen molar-refractivity contribution in [2.24, 2.45) is 13.0 Å². The van der Waals surface area contributed by atoms with Crippen LogP contribution in [0.1, 0.15) is 37.8 Å². The van der Waals surface area contributed by atoms with Crippen LogP contribution in [-0.2, 0) is 29.7 Å². The quantitative estimate of drug-likeness (QED) is 0.165. The number of amides is 2. The van der Waals surface area contributed by atoms with Crippen LogP contribution < -0.4 is 19.7 Å². The second-order valence-corrected chi connectivity index (χ2v) is 13.7. The summed E-state index contributed by atoms with van der Waals surface area (Å²) in [7, 11) is 1.90. The molecule has 6 rings (SSSR count). The minimum absolute atomic E-state index is 0.0970. The first kappa shape index (κ1) is 37.9. The number of alkyl carbamates (subject to hydrolysis) is 1. The summed E-state index contributed by atoms with van der Waals surface area (Å²) in [5, 5.41) is 7.87. The molecule has 0 bridgehead atoms. The van der Waals surface area contributed by atoms with Gasteiger partial charge in [0, 0.05) is 75.9 Å². The molecule has 1 atom stereocenters. The maximum absolute atomic E-state index is 14.8. The number of halogens is 2. The van der Waals surface area contributed by atoms with Gasteiger partial charge in [0.25, 0.3) is 0 Å². The highest BCUT2D eigenvalue weighted by molar-refractivity contribution is 6.32. The van der Waals surface area contributed by atoms with Crippen LogP contribution in [0.15, 0.2) is 72.9 Å². The van der Waals surface area contributed by atoms with E-state index < -0.39 is 12.1 Å². The van der Waals surface area contributed by atoms with E-state index in [0.717, 1.165) is 22.5 Å². The van der Waals surface area contributed by atoms with E-state index in [-0.39, 0.29) is 24.2 Å². The first-order valence-corrected chi connectivity index (χ1v) is 18.7. The maximum Gasteiger partial charge on any atom is 0.408 e. The minimum atomic E-state index is -0.774. The predicted molar refractivity (Wildman–Crippen MR) is 203 cm³/mol. The summed E-state index contributed by atoms with van der Waals surface area (Å²) in [4.78, 5) is 33.8. The van der Waals surface area contributed by atoms with Gasteiger partial charge in [-0.25, -0.2) is 9.18 Å². The summed E-state index contributed by atoms with van der Waals surface area (Å²) in [6, 6.07) is 19.4. The van der Waals surface area contributed by atoms with Crippen molar-refractivity contribution in [2.75, 3.05) is 57.4 Å². The Balaban J connectivity index is 1.16. The average molecular weight is 747 g/mol. The molecule has 11 nitrogen and oxygen atoms in total.